The van der Waals surface area contributed by atoms with Gasteiger partial charge >= 0.3 is 18.9 Å². The van der Waals surface area contributed by atoms with E-state index < -0.39 is 0 Å². The summed E-state index contributed by atoms with van der Waals surface area (Å²) in [5, 5.41) is 0. The Balaban J connectivity index is 0.000000490. The van der Waals surface area contributed by atoms with Crippen LogP contribution >= 0.6 is 0 Å². The Hall–Kier alpha value is -0.183. The Labute approximate surface area is 62.1 Å². The fraction of sp³-hybridized carbons (Fsp3) is 0.143. The summed E-state index contributed by atoms with van der Waals surface area (Å²) in [5.41, 5.74) is 1.27. The van der Waals surface area contributed by atoms with Gasteiger partial charge in [-0.15, -0.1) is 0 Å². The molecule has 0 aliphatic rings. The molecule has 1 aromatic carbocycles. The molecular formula is C7H7Li. The standard InChI is InChI=1S/C7H7.Li/c1-7-5-3-2-4-6-7;/h2-3,5-6H,1H3;/q-1;+1. The molecule has 0 spiro atoms. The van der Waals surface area contributed by atoms with Gasteiger partial charge in [0.15, 0.2) is 0 Å². The third kappa shape index (κ3) is 2.21. The normalized spacial score (nSPS) is 7.62. The van der Waals surface area contributed by atoms with Crippen LogP contribution in [0.25, 0.3) is 0 Å². The van der Waals surface area contributed by atoms with Crippen LogP contribution in [0.4, 0.5) is 0 Å². The number of hydrogen-bond acceptors (Lipinski definition) is 0. The third-order valence-electron chi connectivity index (χ3n) is 0.863. The number of hydrogen-bond donors (Lipinski definition) is 0. The van der Waals surface area contributed by atoms with Gasteiger partial charge in [-0.2, -0.15) is 35.9 Å². The van der Waals surface area contributed by atoms with Crippen LogP contribution in [0.2, 0.25) is 0 Å². The van der Waals surface area contributed by atoms with Crippen LogP contribution in [0.3, 0.4) is 0 Å². The molecule has 0 heterocycles. The average Bonchev–Trinajstić information content (AvgIpc) is 1.69. The summed E-state index contributed by atoms with van der Waals surface area (Å²) in [6.07, 6.45) is 0. The van der Waals surface area contributed by atoms with Crippen LogP contribution in [-0.2, 0) is 0 Å². The molecule has 0 bridgehead atoms. The van der Waals surface area contributed by atoms with Gasteiger partial charge in [-0.1, -0.05) is 6.92 Å². The van der Waals surface area contributed by atoms with Crippen LogP contribution in [0.5, 0.6) is 0 Å². The van der Waals surface area contributed by atoms with Crippen molar-refractivity contribution in [3.63, 3.8) is 0 Å². The molecule has 8 heavy (non-hydrogen) atoms. The zero-order valence-electron chi connectivity index (χ0n) is 5.31. The smallest absolute Gasteiger partial charge is 0.184 e. The van der Waals surface area contributed by atoms with Gasteiger partial charge in [0.05, 0.1) is 0 Å². The van der Waals surface area contributed by atoms with Crippen molar-refractivity contribution in [2.24, 2.45) is 0 Å². The summed E-state index contributed by atoms with van der Waals surface area (Å²) in [6, 6.07) is 10.8. The van der Waals surface area contributed by atoms with E-state index in [-0.39, 0.29) is 18.9 Å². The summed E-state index contributed by atoms with van der Waals surface area (Å²) >= 11 is 0. The van der Waals surface area contributed by atoms with Crippen LogP contribution in [0.15, 0.2) is 24.3 Å². The quantitative estimate of drug-likeness (QED) is 0.282. The van der Waals surface area contributed by atoms with E-state index in [9.17, 15) is 0 Å². The first kappa shape index (κ1) is 7.82. The minimum absolute atomic E-state index is 0. The second kappa shape index (κ2) is 3.78. The second-order valence-electron chi connectivity index (χ2n) is 1.58. The predicted molar refractivity (Wildman–Crippen MR) is 30.0 cm³/mol. The molecule has 0 N–H and O–H groups in total. The molecule has 1 rings (SSSR count). The predicted octanol–water partition coefficient (Wildman–Crippen LogP) is -1.20. The molecule has 0 aromatic heterocycles. The van der Waals surface area contributed by atoms with Crippen LogP contribution in [-0.4, -0.2) is 0 Å². The van der Waals surface area contributed by atoms with Crippen LogP contribution < -0.4 is 18.9 Å². The Morgan fingerprint density at radius 2 is 2.25 bits per heavy atom. The van der Waals surface area contributed by atoms with Crippen molar-refractivity contribution in [1.82, 2.24) is 0 Å². The molecule has 0 saturated carbocycles. The van der Waals surface area contributed by atoms with Crippen molar-refractivity contribution in [1.29, 1.82) is 0 Å². The Morgan fingerprint density at radius 3 is 2.50 bits per heavy atom. The maximum Gasteiger partial charge on any atom is 1.00 e. The first-order valence-corrected chi connectivity index (χ1v) is 2.32. The van der Waals surface area contributed by atoms with Crippen molar-refractivity contribution < 1.29 is 18.9 Å². The van der Waals surface area contributed by atoms with Gasteiger partial charge in [0, 0.05) is 0 Å². The molecular weight excluding hydrogens is 91.0 g/mol. The molecule has 0 nitrogen and oxygen atoms in total. The van der Waals surface area contributed by atoms with E-state index in [1.165, 1.54) is 5.56 Å². The third-order valence-corrected chi connectivity index (χ3v) is 0.863. The summed E-state index contributed by atoms with van der Waals surface area (Å²) in [6.45, 7) is 2.05. The van der Waals surface area contributed by atoms with Crippen LogP contribution in [0, 0.1) is 13.0 Å². The van der Waals surface area contributed by atoms with E-state index in [0.717, 1.165) is 0 Å². The second-order valence-corrected chi connectivity index (χ2v) is 1.58. The number of aryl methyl sites for hydroxylation is 1. The largest absolute Gasteiger partial charge is 1.00 e. The molecule has 1 heteroatoms. The summed E-state index contributed by atoms with van der Waals surface area (Å²) in [7, 11) is 0. The van der Waals surface area contributed by atoms with Gasteiger partial charge in [-0.3, -0.25) is 0 Å². The van der Waals surface area contributed by atoms with Crippen molar-refractivity contribution in [3.8, 4) is 0 Å². The fourth-order valence-corrected chi connectivity index (χ4v) is 0.483. The van der Waals surface area contributed by atoms with Gasteiger partial charge < -0.3 is 0 Å². The summed E-state index contributed by atoms with van der Waals surface area (Å²) in [5.74, 6) is 0. The van der Waals surface area contributed by atoms with Crippen molar-refractivity contribution in [2.45, 2.75) is 6.92 Å². The Kier molecular flexibility index (Phi) is 3.69. The fourth-order valence-electron chi connectivity index (χ4n) is 0.483. The summed E-state index contributed by atoms with van der Waals surface area (Å²) in [4.78, 5) is 0. The zero-order chi connectivity index (χ0) is 5.11. The maximum atomic E-state index is 2.96. The minimum Gasteiger partial charge on any atom is -0.184 e. The van der Waals surface area contributed by atoms with E-state index in [1.807, 2.05) is 18.2 Å². The molecule has 0 saturated heterocycles. The molecule has 36 valence electrons. The van der Waals surface area contributed by atoms with E-state index in [2.05, 4.69) is 19.1 Å². The summed E-state index contributed by atoms with van der Waals surface area (Å²) < 4.78 is 0. The number of rotatable bonds is 0. The monoisotopic (exact) mass is 98.1 g/mol. The Bertz CT molecular complexity index is 134. The number of benzene rings is 1. The van der Waals surface area contributed by atoms with Gasteiger partial charge in [0.1, 0.15) is 0 Å². The molecule has 0 fully saturated rings. The SMILES string of the molecule is Cc1c[c-]ccc1.[Li+]. The average molecular weight is 98.1 g/mol. The van der Waals surface area contributed by atoms with Crippen molar-refractivity contribution >= 4 is 0 Å². The van der Waals surface area contributed by atoms with E-state index in [0.29, 0.717) is 0 Å². The first-order valence-electron chi connectivity index (χ1n) is 2.32. The molecule has 1 aromatic rings. The van der Waals surface area contributed by atoms with Gasteiger partial charge in [-0.05, 0) is 0 Å². The molecule has 0 aliphatic carbocycles. The first-order chi connectivity index (χ1) is 3.39. The maximum absolute atomic E-state index is 2.96. The molecule has 0 amide bonds. The van der Waals surface area contributed by atoms with Gasteiger partial charge in [0.2, 0.25) is 0 Å². The zero-order valence-corrected chi connectivity index (χ0v) is 5.31. The van der Waals surface area contributed by atoms with Gasteiger partial charge in [-0.25, -0.2) is 0 Å². The Morgan fingerprint density at radius 1 is 1.50 bits per heavy atom. The van der Waals surface area contributed by atoms with Crippen molar-refractivity contribution in [2.75, 3.05) is 0 Å². The minimum atomic E-state index is 0. The van der Waals surface area contributed by atoms with Gasteiger partial charge in [0.25, 0.3) is 0 Å². The van der Waals surface area contributed by atoms with Crippen LogP contribution in [0.1, 0.15) is 5.56 Å². The molecule has 0 unspecified atom stereocenters. The van der Waals surface area contributed by atoms with Crippen molar-refractivity contribution in [3.05, 3.63) is 35.9 Å². The molecule has 0 radical (unpaired) electrons. The van der Waals surface area contributed by atoms with E-state index >= 15 is 0 Å². The molecule has 0 atom stereocenters. The topological polar surface area (TPSA) is 0 Å². The molecule has 0 aliphatic heterocycles. The van der Waals surface area contributed by atoms with E-state index in [4.69, 9.17) is 0 Å². The van der Waals surface area contributed by atoms with E-state index in [1.54, 1.807) is 0 Å².